The number of phenols is 1. The molecule has 0 aliphatic heterocycles. The van der Waals surface area contributed by atoms with Crippen LogP contribution in [-0.2, 0) is 16.9 Å². The molecule has 1 aromatic rings. The van der Waals surface area contributed by atoms with Gasteiger partial charge in [-0.05, 0) is 40.9 Å². The third-order valence-corrected chi connectivity index (χ3v) is 10.1. The summed E-state index contributed by atoms with van der Waals surface area (Å²) in [7, 11) is 0. The Balaban J connectivity index is 2.30. The fourth-order valence-corrected chi connectivity index (χ4v) is 7.23. The summed E-state index contributed by atoms with van der Waals surface area (Å²) in [5.41, 5.74) is 3.63. The third-order valence-electron chi connectivity index (χ3n) is 7.87. The molecule has 228 valence electrons. The Bertz CT molecular complexity index is 694. The molecule has 0 bridgehead atoms. The molecule has 0 heterocycles. The van der Waals surface area contributed by atoms with Crippen molar-refractivity contribution in [1.29, 1.82) is 0 Å². The smallest absolute Gasteiger partial charge is 0.123 e. The van der Waals surface area contributed by atoms with Gasteiger partial charge < -0.3 is 5.11 Å². The molecule has 3 heteroatoms. The van der Waals surface area contributed by atoms with Gasteiger partial charge in [0.05, 0.1) is 0 Å². The Hall–Kier alpha value is -0.280. The van der Waals surface area contributed by atoms with Gasteiger partial charge in [-0.2, -0.15) is 23.5 Å². The van der Waals surface area contributed by atoms with Crippen molar-refractivity contribution in [2.75, 3.05) is 11.5 Å². The molecule has 0 saturated carbocycles. The van der Waals surface area contributed by atoms with Crippen LogP contribution in [-0.4, -0.2) is 16.6 Å². The first-order valence-corrected chi connectivity index (χ1v) is 19.2. The monoisotopic (exact) mass is 578 g/mol. The fourth-order valence-electron chi connectivity index (χ4n) is 5.28. The summed E-state index contributed by atoms with van der Waals surface area (Å²) in [6.45, 7) is 11.3. The van der Waals surface area contributed by atoms with Gasteiger partial charge in [0.15, 0.2) is 0 Å². The fraction of sp³-hybridized carbons (Fsp3) is 0.833. The highest BCUT2D eigenvalue weighted by atomic mass is 32.2. The molecule has 0 aliphatic carbocycles. The highest BCUT2D eigenvalue weighted by Gasteiger charge is 2.21. The number of hydrogen-bond donors (Lipinski definition) is 1. The molecule has 1 rings (SSSR count). The molecule has 1 N–H and O–H groups in total. The quantitative estimate of drug-likeness (QED) is 0.110. The van der Waals surface area contributed by atoms with E-state index in [0.29, 0.717) is 5.75 Å². The van der Waals surface area contributed by atoms with Gasteiger partial charge in [0.2, 0.25) is 0 Å². The molecule has 1 aromatic carbocycles. The minimum atomic E-state index is -0.0305. The van der Waals surface area contributed by atoms with Crippen LogP contribution in [0.4, 0.5) is 0 Å². The number of thioether (sulfide) groups is 2. The van der Waals surface area contributed by atoms with Gasteiger partial charge in [-0.25, -0.2) is 0 Å². The predicted octanol–water partition coefficient (Wildman–Crippen LogP) is 13.0. The van der Waals surface area contributed by atoms with Gasteiger partial charge >= 0.3 is 0 Å². The molecule has 0 amide bonds. The highest BCUT2D eigenvalue weighted by Crippen LogP contribution is 2.37. The first-order chi connectivity index (χ1) is 18.9. The lowest BCUT2D eigenvalue weighted by Gasteiger charge is -2.23. The predicted molar refractivity (Wildman–Crippen MR) is 183 cm³/mol. The van der Waals surface area contributed by atoms with Crippen molar-refractivity contribution >= 4 is 23.5 Å². The molecule has 0 radical (unpaired) electrons. The van der Waals surface area contributed by atoms with E-state index in [1.54, 1.807) is 0 Å². The standard InChI is InChI=1S/C36H66OS2/c1-6-8-10-12-14-16-18-20-22-24-26-38-30-32-28-33(35(37)34(29-32)36(3,4)5)31-39-27-25-23-21-19-17-15-13-11-9-7-2/h28-29,37H,6-27,30-31H2,1-5H3. The molecule has 1 nitrogen and oxygen atoms in total. The topological polar surface area (TPSA) is 20.2 Å². The van der Waals surface area contributed by atoms with E-state index < -0.39 is 0 Å². The summed E-state index contributed by atoms with van der Waals surface area (Å²) in [5.74, 6) is 5.01. The lowest BCUT2D eigenvalue weighted by atomic mass is 9.84. The molecule has 0 aromatic heterocycles. The van der Waals surface area contributed by atoms with Crippen LogP contribution in [0.25, 0.3) is 0 Å². The van der Waals surface area contributed by atoms with Gasteiger partial charge in [0.25, 0.3) is 0 Å². The minimum absolute atomic E-state index is 0.0305. The first kappa shape index (κ1) is 36.7. The van der Waals surface area contributed by atoms with E-state index in [4.69, 9.17) is 0 Å². The lowest BCUT2D eigenvalue weighted by Crippen LogP contribution is -2.13. The Morgan fingerprint density at radius 3 is 1.33 bits per heavy atom. The van der Waals surface area contributed by atoms with Crippen LogP contribution in [0.3, 0.4) is 0 Å². The van der Waals surface area contributed by atoms with Gasteiger partial charge in [0, 0.05) is 17.1 Å². The molecule has 0 atom stereocenters. The lowest BCUT2D eigenvalue weighted by molar-refractivity contribution is 0.442. The van der Waals surface area contributed by atoms with Crippen molar-refractivity contribution in [3.8, 4) is 5.75 Å². The summed E-state index contributed by atoms with van der Waals surface area (Å²) in [4.78, 5) is 0. The SMILES string of the molecule is CCCCCCCCCCCCSCc1cc(CSCCCCCCCCCCCC)c(O)c(C(C)(C)C)c1. The van der Waals surface area contributed by atoms with Gasteiger partial charge in [-0.3, -0.25) is 0 Å². The summed E-state index contributed by atoms with van der Waals surface area (Å²) in [6.07, 6.45) is 28.0. The Morgan fingerprint density at radius 1 is 0.538 bits per heavy atom. The largest absolute Gasteiger partial charge is 0.507 e. The average molecular weight is 579 g/mol. The summed E-state index contributed by atoms with van der Waals surface area (Å²) in [6, 6.07) is 4.57. The van der Waals surface area contributed by atoms with Crippen LogP contribution < -0.4 is 0 Å². The molecular formula is C36H66OS2. The van der Waals surface area contributed by atoms with Crippen LogP contribution in [0.2, 0.25) is 0 Å². The maximum absolute atomic E-state index is 11.1. The Morgan fingerprint density at radius 2 is 0.923 bits per heavy atom. The van der Waals surface area contributed by atoms with E-state index in [1.807, 2.05) is 11.8 Å². The number of unbranched alkanes of at least 4 members (excludes halogenated alkanes) is 18. The zero-order valence-corrected chi connectivity index (χ0v) is 28.5. The molecule has 0 spiro atoms. The van der Waals surface area contributed by atoms with Crippen molar-refractivity contribution < 1.29 is 5.11 Å². The zero-order chi connectivity index (χ0) is 28.6. The molecular weight excluding hydrogens is 513 g/mol. The zero-order valence-electron chi connectivity index (χ0n) is 26.9. The van der Waals surface area contributed by atoms with E-state index in [-0.39, 0.29) is 5.41 Å². The molecule has 0 fully saturated rings. The maximum Gasteiger partial charge on any atom is 0.123 e. The van der Waals surface area contributed by atoms with Crippen molar-refractivity contribution in [2.24, 2.45) is 0 Å². The second-order valence-corrected chi connectivity index (χ2v) is 15.1. The van der Waals surface area contributed by atoms with Crippen LogP contribution in [0, 0.1) is 0 Å². The van der Waals surface area contributed by atoms with E-state index in [2.05, 4.69) is 58.5 Å². The minimum Gasteiger partial charge on any atom is -0.507 e. The molecule has 0 saturated heterocycles. The second-order valence-electron chi connectivity index (χ2n) is 12.9. The van der Waals surface area contributed by atoms with E-state index in [9.17, 15) is 5.11 Å². The highest BCUT2D eigenvalue weighted by molar-refractivity contribution is 7.98. The van der Waals surface area contributed by atoms with Crippen molar-refractivity contribution in [2.45, 2.75) is 180 Å². The van der Waals surface area contributed by atoms with Gasteiger partial charge in [-0.1, -0.05) is 162 Å². The molecule has 0 aliphatic rings. The number of rotatable bonds is 26. The number of hydrogen-bond acceptors (Lipinski definition) is 3. The van der Waals surface area contributed by atoms with Crippen LogP contribution >= 0.6 is 23.5 Å². The summed E-state index contributed by atoms with van der Waals surface area (Å²) in [5, 5.41) is 11.1. The molecule has 39 heavy (non-hydrogen) atoms. The number of phenolic OH excluding ortho intramolecular Hbond substituents is 1. The number of aromatic hydroxyl groups is 1. The number of benzene rings is 1. The van der Waals surface area contributed by atoms with Gasteiger partial charge in [-0.15, -0.1) is 0 Å². The average Bonchev–Trinajstić information content (AvgIpc) is 2.90. The first-order valence-electron chi connectivity index (χ1n) is 16.9. The maximum atomic E-state index is 11.1. The van der Waals surface area contributed by atoms with Crippen molar-refractivity contribution in [1.82, 2.24) is 0 Å². The van der Waals surface area contributed by atoms with Crippen LogP contribution in [0.1, 0.15) is 180 Å². The van der Waals surface area contributed by atoms with Crippen molar-refractivity contribution in [3.63, 3.8) is 0 Å². The van der Waals surface area contributed by atoms with E-state index >= 15 is 0 Å². The summed E-state index contributed by atoms with van der Waals surface area (Å²) < 4.78 is 0. The second kappa shape index (κ2) is 24.3. The van der Waals surface area contributed by atoms with Crippen LogP contribution in [0.5, 0.6) is 5.75 Å². The normalized spacial score (nSPS) is 11.9. The Kier molecular flexibility index (Phi) is 22.9. The van der Waals surface area contributed by atoms with Crippen LogP contribution in [0.15, 0.2) is 12.1 Å². The van der Waals surface area contributed by atoms with E-state index in [0.717, 1.165) is 22.6 Å². The third kappa shape index (κ3) is 19.5. The van der Waals surface area contributed by atoms with Crippen molar-refractivity contribution in [3.05, 3.63) is 28.8 Å². The summed E-state index contributed by atoms with van der Waals surface area (Å²) >= 11 is 4.08. The van der Waals surface area contributed by atoms with Gasteiger partial charge in [0.1, 0.15) is 5.75 Å². The molecule has 0 unspecified atom stereocenters. The Labute approximate surface area is 253 Å². The van der Waals surface area contributed by atoms with E-state index in [1.165, 1.54) is 145 Å².